The minimum Gasteiger partial charge on any atom is -0.127 e. The quantitative estimate of drug-likeness (QED) is 0.362. The number of benzene rings is 1. The van der Waals surface area contributed by atoms with E-state index in [4.69, 9.17) is 0 Å². The first-order valence-corrected chi connectivity index (χ1v) is 19.3. The Hall–Kier alpha value is -0.383. The van der Waals surface area contributed by atoms with E-state index in [9.17, 15) is 0 Å². The molecule has 0 aromatic heterocycles. The maximum atomic E-state index is 2.84. The molecule has 0 radical (unpaired) electrons. The molecule has 3 fully saturated rings. The molecule has 8 atom stereocenters. The number of rotatable bonds is 3. The van der Waals surface area contributed by atoms with E-state index in [0.717, 1.165) is 51.2 Å². The second-order valence-electron chi connectivity index (χ2n) is 14.1. The van der Waals surface area contributed by atoms with Gasteiger partial charge in [-0.25, -0.2) is 0 Å². The summed E-state index contributed by atoms with van der Waals surface area (Å²) in [6.07, 6.45) is 12.7. The average molecular weight is 523 g/mol. The summed E-state index contributed by atoms with van der Waals surface area (Å²) >= 11 is 4.54. The van der Waals surface area contributed by atoms with Crippen LogP contribution in [0.3, 0.4) is 0 Å². The van der Waals surface area contributed by atoms with Crippen molar-refractivity contribution in [1.82, 2.24) is 0 Å². The van der Waals surface area contributed by atoms with Crippen molar-refractivity contribution in [3.8, 4) is 0 Å². The van der Waals surface area contributed by atoms with Gasteiger partial charge in [0.2, 0.25) is 0 Å². The SMILES string of the molecule is CC1=CC2C3C=C(C)SC3C([Si](C)(C)C3CCC4C(c5ccc(C(C)(C)C)cc5)CCCC43)C2S1. The Morgan fingerprint density at radius 1 is 0.771 bits per heavy atom. The third-order valence-electron chi connectivity index (χ3n) is 10.9. The molecule has 0 N–H and O–H groups in total. The molecule has 0 amide bonds. The zero-order chi connectivity index (χ0) is 24.7. The van der Waals surface area contributed by atoms with Gasteiger partial charge in [0.25, 0.3) is 0 Å². The lowest BCUT2D eigenvalue weighted by molar-refractivity contribution is 0.235. The molecule has 8 unspecified atom stereocenters. The summed E-state index contributed by atoms with van der Waals surface area (Å²) in [5.41, 5.74) is 5.36. The Morgan fingerprint density at radius 2 is 1.37 bits per heavy atom. The lowest BCUT2D eigenvalue weighted by Crippen LogP contribution is -2.46. The standard InChI is InChI=1S/C32H46S2Si/c1-19-17-26-27-18-20(2)34-30(27)31(29(26)33-19)35(6,7)28-16-15-24-23(9-8-10-25(24)28)21-11-13-22(14-12-21)32(3,4)5/h11-14,17-18,23-31H,8-10,15-16H2,1-7H3. The van der Waals surface area contributed by atoms with Gasteiger partial charge in [-0.1, -0.05) is 89.5 Å². The van der Waals surface area contributed by atoms with Crippen molar-refractivity contribution in [3.05, 3.63) is 57.4 Å². The average Bonchev–Trinajstić information content (AvgIpc) is 3.53. The molecule has 190 valence electrons. The molecular weight excluding hydrogens is 477 g/mol. The maximum Gasteiger partial charge on any atom is 0.0563 e. The van der Waals surface area contributed by atoms with E-state index in [1.165, 1.54) is 37.7 Å². The predicted molar refractivity (Wildman–Crippen MR) is 160 cm³/mol. The molecule has 1 aromatic rings. The van der Waals surface area contributed by atoms with Crippen LogP contribution in [0.5, 0.6) is 0 Å². The third-order valence-corrected chi connectivity index (χ3v) is 19.2. The summed E-state index contributed by atoms with van der Waals surface area (Å²) in [7, 11) is -1.45. The minimum atomic E-state index is -1.45. The largest absolute Gasteiger partial charge is 0.127 e. The van der Waals surface area contributed by atoms with Crippen LogP contribution in [-0.2, 0) is 5.41 Å². The first-order chi connectivity index (χ1) is 16.6. The van der Waals surface area contributed by atoms with Crippen molar-refractivity contribution in [2.75, 3.05) is 0 Å². The highest BCUT2D eigenvalue weighted by Gasteiger charge is 2.62. The van der Waals surface area contributed by atoms with E-state index in [0.29, 0.717) is 0 Å². The summed E-state index contributed by atoms with van der Waals surface area (Å²) in [5, 5.41) is 1.73. The normalized spacial score (nSPS) is 40.8. The minimum absolute atomic E-state index is 0.246. The summed E-state index contributed by atoms with van der Waals surface area (Å²) in [5.74, 6) is 4.34. The Balaban J connectivity index is 1.26. The zero-order valence-electron chi connectivity index (χ0n) is 23.0. The van der Waals surface area contributed by atoms with Crippen molar-refractivity contribution < 1.29 is 0 Å². The highest BCUT2D eigenvalue weighted by molar-refractivity contribution is 8.05. The Kier molecular flexibility index (Phi) is 6.29. The first-order valence-electron chi connectivity index (χ1n) is 14.4. The van der Waals surface area contributed by atoms with Crippen LogP contribution in [0, 0.1) is 23.7 Å². The van der Waals surface area contributed by atoms with Gasteiger partial charge < -0.3 is 0 Å². The number of hydrogen-bond acceptors (Lipinski definition) is 2. The van der Waals surface area contributed by atoms with Crippen LogP contribution in [0.1, 0.15) is 83.8 Å². The van der Waals surface area contributed by atoms with Gasteiger partial charge in [-0.05, 0) is 93.7 Å². The van der Waals surface area contributed by atoms with Gasteiger partial charge in [-0.2, -0.15) is 0 Å². The van der Waals surface area contributed by atoms with Crippen molar-refractivity contribution in [3.63, 3.8) is 0 Å². The lowest BCUT2D eigenvalue weighted by atomic mass is 9.70. The van der Waals surface area contributed by atoms with Crippen LogP contribution in [-0.4, -0.2) is 18.6 Å². The smallest absolute Gasteiger partial charge is 0.0563 e. The maximum absolute atomic E-state index is 2.84. The molecule has 5 aliphatic rings. The third kappa shape index (κ3) is 4.09. The van der Waals surface area contributed by atoms with E-state index < -0.39 is 8.07 Å². The second-order valence-corrected chi connectivity index (χ2v) is 22.0. The van der Waals surface area contributed by atoms with Crippen molar-refractivity contribution >= 4 is 31.6 Å². The van der Waals surface area contributed by atoms with Gasteiger partial charge in [-0.3, -0.25) is 0 Å². The molecule has 6 rings (SSSR count). The van der Waals surface area contributed by atoms with Crippen molar-refractivity contribution in [2.24, 2.45) is 23.7 Å². The highest BCUT2D eigenvalue weighted by Crippen LogP contribution is 2.68. The van der Waals surface area contributed by atoms with Crippen LogP contribution < -0.4 is 0 Å². The molecule has 3 aliphatic carbocycles. The molecule has 1 aromatic carbocycles. The molecule has 2 aliphatic heterocycles. The van der Waals surface area contributed by atoms with Gasteiger partial charge in [0.1, 0.15) is 0 Å². The molecule has 0 saturated heterocycles. The van der Waals surface area contributed by atoms with Crippen LogP contribution in [0.4, 0.5) is 0 Å². The fraction of sp³-hybridized carbons (Fsp3) is 0.688. The van der Waals surface area contributed by atoms with Crippen LogP contribution in [0.15, 0.2) is 46.2 Å². The lowest BCUT2D eigenvalue weighted by Gasteiger charge is -2.46. The topological polar surface area (TPSA) is 0 Å². The Labute approximate surface area is 224 Å². The molecule has 2 heterocycles. The van der Waals surface area contributed by atoms with Gasteiger partial charge in [-0.15, -0.1) is 23.5 Å². The Morgan fingerprint density at radius 3 is 1.94 bits per heavy atom. The summed E-state index contributed by atoms with van der Waals surface area (Å²) in [6.45, 7) is 17.5. The fourth-order valence-electron chi connectivity index (χ4n) is 9.33. The van der Waals surface area contributed by atoms with Crippen molar-refractivity contribution in [2.45, 2.75) is 113 Å². The molecule has 0 nitrogen and oxygen atoms in total. The molecule has 0 bridgehead atoms. The highest BCUT2D eigenvalue weighted by atomic mass is 32.2. The molecule has 0 spiro atoms. The number of hydrogen-bond donors (Lipinski definition) is 0. The monoisotopic (exact) mass is 522 g/mol. The van der Waals surface area contributed by atoms with E-state index >= 15 is 0 Å². The van der Waals surface area contributed by atoms with E-state index in [1.54, 1.807) is 15.4 Å². The van der Waals surface area contributed by atoms with E-state index in [2.05, 4.69) is 108 Å². The van der Waals surface area contributed by atoms with Gasteiger partial charge in [0.05, 0.1) is 8.07 Å². The second kappa shape index (κ2) is 8.84. The number of thioether (sulfide) groups is 2. The van der Waals surface area contributed by atoms with E-state index in [-0.39, 0.29) is 5.41 Å². The Bertz CT molecular complexity index is 997. The molecular formula is C32H46S2Si. The van der Waals surface area contributed by atoms with Crippen LogP contribution in [0.25, 0.3) is 0 Å². The number of allylic oxidation sites excluding steroid dienone is 4. The summed E-state index contributed by atoms with van der Waals surface area (Å²) in [4.78, 5) is 3.22. The van der Waals surface area contributed by atoms with Crippen LogP contribution >= 0.6 is 23.5 Å². The summed E-state index contributed by atoms with van der Waals surface area (Å²) < 4.78 is 0. The molecule has 3 saturated carbocycles. The van der Waals surface area contributed by atoms with Gasteiger partial charge in [0, 0.05) is 10.5 Å². The summed E-state index contributed by atoms with van der Waals surface area (Å²) in [6, 6.07) is 9.87. The van der Waals surface area contributed by atoms with Gasteiger partial charge in [0.15, 0.2) is 0 Å². The first kappa shape index (κ1) is 24.9. The van der Waals surface area contributed by atoms with Crippen LogP contribution in [0.2, 0.25) is 24.2 Å². The zero-order valence-corrected chi connectivity index (χ0v) is 25.6. The van der Waals surface area contributed by atoms with Crippen molar-refractivity contribution in [1.29, 1.82) is 0 Å². The van der Waals surface area contributed by atoms with Gasteiger partial charge >= 0.3 is 0 Å². The van der Waals surface area contributed by atoms with E-state index in [1.807, 2.05) is 0 Å². The molecule has 35 heavy (non-hydrogen) atoms. The molecule has 3 heteroatoms. The number of fused-ring (bicyclic) bond motifs is 4. The fourth-order valence-corrected chi connectivity index (χ4v) is 19.8. The predicted octanol–water partition coefficient (Wildman–Crippen LogP) is 10.0.